The van der Waals surface area contributed by atoms with E-state index in [4.69, 9.17) is 28.4 Å². The van der Waals surface area contributed by atoms with E-state index in [9.17, 15) is 66.4 Å². The molecule has 7 aliphatic rings. The lowest BCUT2D eigenvalue weighted by Crippen LogP contribution is -2.65. The molecule has 25 atom stereocenters. The molecule has 0 bridgehead atoms. The molecule has 19 nitrogen and oxygen atoms in total. The first-order valence-corrected chi connectivity index (χ1v) is 24.5. The maximum Gasteiger partial charge on any atom is 0.187 e. The Morgan fingerprint density at radius 2 is 1.18 bits per heavy atom. The number of rotatable bonds is 14. The molecule has 13 N–H and O–H groups in total. The SMILES string of the molecule is C[C@@H](CC[C@@H](O[C@H]1O[C@@H](CO)[C@H](O)[C@@H](O)[C@@H]1O[C@@H]1O[C@H](CO)[C@@H](O)[C@H](O)[C@@H]1O)C(C)(C)O)[C@@H]1CC[C@@]2(C)[C@@H]3CC=C4[C@H](CC[C@H](O[C@@H]5O[C@H](CO)[C@@H](O)[C@H](O)[C@@H]5O)C4(C)C)[C@]3(C)[C@H](O)C[C@]12C. The van der Waals surface area contributed by atoms with Crippen LogP contribution in [0.25, 0.3) is 0 Å². The summed E-state index contributed by atoms with van der Waals surface area (Å²) in [4.78, 5) is 0. The number of hydrogen-bond donors (Lipinski definition) is 13. The van der Waals surface area contributed by atoms with E-state index in [-0.39, 0.29) is 34.5 Å². The highest BCUT2D eigenvalue weighted by Crippen LogP contribution is 2.75. The van der Waals surface area contributed by atoms with Crippen LogP contribution in [0, 0.1) is 45.3 Å². The lowest BCUT2D eigenvalue weighted by atomic mass is 9.38. The van der Waals surface area contributed by atoms with Gasteiger partial charge in [0.05, 0.1) is 43.7 Å². The number of ether oxygens (including phenoxy) is 6. The van der Waals surface area contributed by atoms with Crippen molar-refractivity contribution >= 4 is 0 Å². The summed E-state index contributed by atoms with van der Waals surface area (Å²) in [5.41, 5.74) is -1.70. The van der Waals surface area contributed by atoms with Gasteiger partial charge in [0.1, 0.15) is 73.2 Å². The Balaban J connectivity index is 1.06. The third kappa shape index (κ3) is 9.13. The summed E-state index contributed by atoms with van der Waals surface area (Å²) in [5.74, 6) is 0.476. The topological polar surface area (TPSA) is 318 Å². The Morgan fingerprint density at radius 1 is 0.657 bits per heavy atom. The number of hydrogen-bond acceptors (Lipinski definition) is 19. The Morgan fingerprint density at radius 3 is 1.72 bits per heavy atom. The maximum absolute atomic E-state index is 12.6. The van der Waals surface area contributed by atoms with Gasteiger partial charge in [-0.1, -0.05) is 53.2 Å². The maximum atomic E-state index is 12.6. The van der Waals surface area contributed by atoms with Crippen LogP contribution in [-0.4, -0.2) is 202 Å². The fraction of sp³-hybridized carbons (Fsp3) is 0.958. The predicted octanol–water partition coefficient (Wildman–Crippen LogP) is -1.06. The molecule has 0 aromatic rings. The summed E-state index contributed by atoms with van der Waals surface area (Å²) in [6.07, 6.45) is -17.3. The smallest absolute Gasteiger partial charge is 0.187 e. The van der Waals surface area contributed by atoms with Crippen molar-refractivity contribution in [3.63, 3.8) is 0 Å². The van der Waals surface area contributed by atoms with Crippen molar-refractivity contribution in [2.45, 2.75) is 223 Å². The van der Waals surface area contributed by atoms with E-state index in [1.165, 1.54) is 5.57 Å². The number of aliphatic hydroxyl groups excluding tert-OH is 12. The minimum absolute atomic E-state index is 0.0500. The van der Waals surface area contributed by atoms with E-state index in [1.54, 1.807) is 13.8 Å². The Bertz CT molecular complexity index is 1710. The highest BCUT2D eigenvalue weighted by atomic mass is 16.8. The summed E-state index contributed by atoms with van der Waals surface area (Å²) in [7, 11) is 0. The molecule has 3 saturated heterocycles. The zero-order valence-electron chi connectivity index (χ0n) is 40.3. The molecule has 0 amide bonds. The fourth-order valence-electron chi connectivity index (χ4n) is 14.2. The van der Waals surface area contributed by atoms with E-state index >= 15 is 0 Å². The summed E-state index contributed by atoms with van der Waals surface area (Å²) < 4.78 is 35.9. The van der Waals surface area contributed by atoms with Crippen LogP contribution in [0.2, 0.25) is 0 Å². The highest BCUT2D eigenvalue weighted by molar-refractivity contribution is 5.32. The zero-order valence-corrected chi connectivity index (χ0v) is 40.3. The average molecular weight is 963 g/mol. The van der Waals surface area contributed by atoms with Gasteiger partial charge in [-0.2, -0.15) is 0 Å². The molecule has 388 valence electrons. The number of fused-ring (bicyclic) bond motifs is 5. The van der Waals surface area contributed by atoms with E-state index < -0.39 is 147 Å². The molecule has 6 fully saturated rings. The molecule has 67 heavy (non-hydrogen) atoms. The van der Waals surface area contributed by atoms with Crippen molar-refractivity contribution in [2.24, 2.45) is 45.3 Å². The number of allylic oxidation sites excluding steroid dienone is 1. The highest BCUT2D eigenvalue weighted by Gasteiger charge is 2.70. The lowest BCUT2D eigenvalue weighted by Gasteiger charge is -2.67. The summed E-state index contributed by atoms with van der Waals surface area (Å²) in [5, 5.41) is 139. The molecule has 0 aromatic carbocycles. The van der Waals surface area contributed by atoms with Crippen LogP contribution in [0.4, 0.5) is 0 Å². The van der Waals surface area contributed by atoms with Gasteiger partial charge in [0.15, 0.2) is 18.9 Å². The first-order valence-electron chi connectivity index (χ1n) is 24.5. The lowest BCUT2D eigenvalue weighted by molar-refractivity contribution is -0.375. The molecular weight excluding hydrogens is 881 g/mol. The molecule has 4 aliphatic carbocycles. The molecule has 0 radical (unpaired) electrons. The predicted molar refractivity (Wildman–Crippen MR) is 235 cm³/mol. The van der Waals surface area contributed by atoms with Crippen LogP contribution in [0.1, 0.15) is 107 Å². The monoisotopic (exact) mass is 963 g/mol. The minimum atomic E-state index is -1.83. The molecule has 3 heterocycles. The molecule has 0 unspecified atom stereocenters. The molecule has 3 saturated carbocycles. The second-order valence-corrected chi connectivity index (χ2v) is 23.0. The third-order valence-corrected chi connectivity index (χ3v) is 18.7. The van der Waals surface area contributed by atoms with Gasteiger partial charge in [0, 0.05) is 10.8 Å². The molecule has 19 heteroatoms. The molecule has 0 aromatic heterocycles. The minimum Gasteiger partial charge on any atom is -0.394 e. The molecule has 0 spiro atoms. The van der Waals surface area contributed by atoms with E-state index in [1.807, 2.05) is 0 Å². The van der Waals surface area contributed by atoms with Gasteiger partial charge < -0.3 is 94.8 Å². The number of aliphatic hydroxyl groups is 13. The van der Waals surface area contributed by atoms with Crippen molar-refractivity contribution < 1.29 is 94.8 Å². The van der Waals surface area contributed by atoms with E-state index in [2.05, 4.69) is 47.6 Å². The first-order chi connectivity index (χ1) is 31.2. The van der Waals surface area contributed by atoms with Gasteiger partial charge in [-0.25, -0.2) is 0 Å². The molecular formula is C48H82O19. The molecule has 3 aliphatic heterocycles. The van der Waals surface area contributed by atoms with Crippen molar-refractivity contribution in [1.29, 1.82) is 0 Å². The van der Waals surface area contributed by atoms with Crippen molar-refractivity contribution in [1.82, 2.24) is 0 Å². The van der Waals surface area contributed by atoms with Crippen molar-refractivity contribution in [2.75, 3.05) is 19.8 Å². The normalized spacial score (nSPS) is 51.0. The van der Waals surface area contributed by atoms with Gasteiger partial charge in [-0.3, -0.25) is 0 Å². The fourth-order valence-corrected chi connectivity index (χ4v) is 14.2. The third-order valence-electron chi connectivity index (χ3n) is 18.7. The van der Waals surface area contributed by atoms with Crippen molar-refractivity contribution in [3.05, 3.63) is 11.6 Å². The average Bonchev–Trinajstić information content (AvgIpc) is 3.54. The van der Waals surface area contributed by atoms with Crippen LogP contribution in [0.5, 0.6) is 0 Å². The van der Waals surface area contributed by atoms with Crippen molar-refractivity contribution in [3.8, 4) is 0 Å². The largest absolute Gasteiger partial charge is 0.394 e. The second-order valence-electron chi connectivity index (χ2n) is 23.0. The Kier molecular flexibility index (Phi) is 15.9. The summed E-state index contributed by atoms with van der Waals surface area (Å²) in [6.45, 7) is 14.5. The van der Waals surface area contributed by atoms with Gasteiger partial charge in [-0.05, 0) is 99.7 Å². The van der Waals surface area contributed by atoms with Crippen LogP contribution < -0.4 is 0 Å². The van der Waals surface area contributed by atoms with Crippen LogP contribution in [-0.2, 0) is 28.4 Å². The standard InChI is InChI=1S/C48H82O19/c1-21(9-13-31(45(4,5)61)66-43-40(37(58)34(55)27(20-51)64-43)67-42-39(60)36(57)33(54)26(19-50)63-42)22-15-16-46(6)28-12-10-23-24(48(28,8)29(52)17-47(22,46)7)11-14-30(44(23,2)3)65-41-38(59)35(56)32(53)25(18-49)62-41/h10,21-22,24-43,49-61H,9,11-20H2,1-8H3/t21-,22-,24-,25+,26+,27-,28-,29+,30-,31+,32+,33+,34-,35-,36-,37+,38-,39-,40-,41-,42-,43+,46-,47+,48-/m0/s1. The molecule has 7 rings (SSSR count). The van der Waals surface area contributed by atoms with Crippen LogP contribution in [0.3, 0.4) is 0 Å². The van der Waals surface area contributed by atoms with Crippen LogP contribution in [0.15, 0.2) is 11.6 Å². The van der Waals surface area contributed by atoms with Gasteiger partial charge in [0.25, 0.3) is 0 Å². The zero-order chi connectivity index (χ0) is 49.5. The summed E-state index contributed by atoms with van der Waals surface area (Å²) >= 11 is 0. The van der Waals surface area contributed by atoms with Gasteiger partial charge in [0.2, 0.25) is 0 Å². The van der Waals surface area contributed by atoms with E-state index in [0.717, 1.165) is 25.7 Å². The van der Waals surface area contributed by atoms with Gasteiger partial charge in [-0.15, -0.1) is 0 Å². The van der Waals surface area contributed by atoms with Crippen LogP contribution >= 0.6 is 0 Å². The second kappa shape index (κ2) is 19.8. The Hall–Kier alpha value is -1.02. The Labute approximate surface area is 393 Å². The quantitative estimate of drug-likeness (QED) is 0.0924. The van der Waals surface area contributed by atoms with E-state index in [0.29, 0.717) is 25.7 Å². The summed E-state index contributed by atoms with van der Waals surface area (Å²) in [6, 6.07) is 0. The first kappa shape index (κ1) is 53.8. The van der Waals surface area contributed by atoms with Gasteiger partial charge >= 0.3 is 0 Å².